The van der Waals surface area contributed by atoms with Crippen molar-refractivity contribution >= 4 is 45.7 Å². The van der Waals surface area contributed by atoms with Gasteiger partial charge in [0.05, 0.1) is 32.4 Å². The van der Waals surface area contributed by atoms with Gasteiger partial charge in [0, 0.05) is 11.3 Å². The number of aliphatic hydroxyl groups is 1. The van der Waals surface area contributed by atoms with Crippen molar-refractivity contribution in [3.05, 3.63) is 94.6 Å². The molecule has 2 heterocycles. The predicted molar refractivity (Wildman–Crippen MR) is 172 cm³/mol. The molecule has 1 unspecified atom stereocenters. The average molecular weight is 632 g/mol. The highest BCUT2D eigenvalue weighted by Crippen LogP contribution is 2.45. The molecule has 228 valence electrons. The number of hydrogen-bond acceptors (Lipinski definition) is 10. The topological polar surface area (TPSA) is 111 Å². The number of anilines is 1. The third kappa shape index (κ3) is 6.58. The standard InChI is InChI=1S/C33H33N3O6S2/c1-5-6-17-42-24-14-11-22(12-15-24)29(37)27-28(23-13-16-25(40-3)26(18-23)41-4)36(31(39)30(27)38)32-34-35-33(44-32)43-19-21-9-7-20(2)8-10-21/h7-16,18,28,37H,5-6,17,19H2,1-4H3. The number of rotatable bonds is 12. The lowest BCUT2D eigenvalue weighted by Crippen LogP contribution is -2.29. The van der Waals surface area contributed by atoms with Gasteiger partial charge in [-0.2, -0.15) is 0 Å². The monoisotopic (exact) mass is 631 g/mol. The summed E-state index contributed by atoms with van der Waals surface area (Å²) < 4.78 is 17.3. The zero-order valence-corrected chi connectivity index (χ0v) is 26.5. The number of Topliss-reactive ketones (excluding diaryl/α,β-unsaturated/α-hetero) is 1. The average Bonchev–Trinajstić information content (AvgIpc) is 3.62. The van der Waals surface area contributed by atoms with Crippen molar-refractivity contribution in [3.8, 4) is 17.2 Å². The van der Waals surface area contributed by atoms with E-state index in [1.807, 2.05) is 6.92 Å². The maximum atomic E-state index is 13.6. The van der Waals surface area contributed by atoms with E-state index >= 15 is 0 Å². The normalized spacial score (nSPS) is 15.9. The number of nitrogens with zero attached hydrogens (tertiary/aromatic N) is 3. The first-order valence-electron chi connectivity index (χ1n) is 14.1. The summed E-state index contributed by atoms with van der Waals surface area (Å²) in [6.07, 6.45) is 1.94. The number of methoxy groups -OCH3 is 2. The van der Waals surface area contributed by atoms with E-state index in [-0.39, 0.29) is 16.5 Å². The number of carbonyl (C=O) groups is 2. The van der Waals surface area contributed by atoms with Crippen molar-refractivity contribution in [2.24, 2.45) is 0 Å². The second-order valence-electron chi connectivity index (χ2n) is 10.1. The van der Waals surface area contributed by atoms with Crippen LogP contribution in [0.1, 0.15) is 48.1 Å². The van der Waals surface area contributed by atoms with E-state index in [0.29, 0.717) is 45.1 Å². The molecule has 1 N–H and O–H groups in total. The van der Waals surface area contributed by atoms with Crippen LogP contribution in [-0.4, -0.2) is 47.8 Å². The first kappa shape index (κ1) is 31.1. The van der Waals surface area contributed by atoms with E-state index in [0.717, 1.165) is 18.4 Å². The molecular formula is C33H33N3O6S2. The molecule has 3 aromatic carbocycles. The molecule has 1 aromatic heterocycles. The fourth-order valence-electron chi connectivity index (χ4n) is 4.75. The highest BCUT2D eigenvalue weighted by Gasteiger charge is 2.48. The highest BCUT2D eigenvalue weighted by atomic mass is 32.2. The van der Waals surface area contributed by atoms with E-state index < -0.39 is 17.7 Å². The Morgan fingerprint density at radius 3 is 2.39 bits per heavy atom. The number of thioether (sulfide) groups is 1. The van der Waals surface area contributed by atoms with Crippen molar-refractivity contribution in [2.45, 2.75) is 42.8 Å². The zero-order chi connectivity index (χ0) is 31.2. The van der Waals surface area contributed by atoms with Gasteiger partial charge in [0.25, 0.3) is 5.78 Å². The Morgan fingerprint density at radius 1 is 0.977 bits per heavy atom. The number of unbranched alkanes of at least 4 members (excludes halogenated alkanes) is 1. The molecule has 4 aromatic rings. The number of hydrogen-bond donors (Lipinski definition) is 1. The minimum absolute atomic E-state index is 0.0640. The van der Waals surface area contributed by atoms with Crippen molar-refractivity contribution in [1.82, 2.24) is 10.2 Å². The molecule has 0 radical (unpaired) electrons. The molecule has 11 heteroatoms. The van der Waals surface area contributed by atoms with E-state index in [1.54, 1.807) is 42.5 Å². The Kier molecular flexibility index (Phi) is 9.86. The minimum Gasteiger partial charge on any atom is -0.507 e. The molecule has 1 saturated heterocycles. The maximum Gasteiger partial charge on any atom is 0.301 e. The first-order chi connectivity index (χ1) is 21.3. The molecule has 1 atom stereocenters. The van der Waals surface area contributed by atoms with Gasteiger partial charge in [-0.25, -0.2) is 0 Å². The number of benzene rings is 3. The molecule has 5 rings (SSSR count). The minimum atomic E-state index is -0.988. The van der Waals surface area contributed by atoms with Crippen LogP contribution in [0.5, 0.6) is 17.2 Å². The molecule has 1 amide bonds. The quantitative estimate of drug-likeness (QED) is 0.0443. The van der Waals surface area contributed by atoms with Gasteiger partial charge < -0.3 is 19.3 Å². The third-order valence-electron chi connectivity index (χ3n) is 7.15. The first-order valence-corrected chi connectivity index (χ1v) is 15.9. The number of carbonyl (C=O) groups excluding carboxylic acids is 2. The number of ether oxygens (including phenoxy) is 3. The number of aromatic nitrogens is 2. The summed E-state index contributed by atoms with van der Waals surface area (Å²) >= 11 is 2.71. The Balaban J connectivity index is 1.53. The number of ketones is 1. The van der Waals surface area contributed by atoms with Crippen LogP contribution >= 0.6 is 23.1 Å². The van der Waals surface area contributed by atoms with E-state index in [4.69, 9.17) is 14.2 Å². The summed E-state index contributed by atoms with van der Waals surface area (Å²) in [4.78, 5) is 28.5. The van der Waals surface area contributed by atoms with Gasteiger partial charge in [0.15, 0.2) is 15.8 Å². The van der Waals surface area contributed by atoms with Crippen LogP contribution in [0.15, 0.2) is 76.6 Å². The Hall–Kier alpha value is -4.35. The third-order valence-corrected chi connectivity index (χ3v) is 9.27. The number of aliphatic hydroxyl groups excluding tert-OH is 1. The van der Waals surface area contributed by atoms with Crippen LogP contribution in [-0.2, 0) is 15.3 Å². The van der Waals surface area contributed by atoms with Crippen LogP contribution in [0.2, 0.25) is 0 Å². The predicted octanol–water partition coefficient (Wildman–Crippen LogP) is 6.96. The number of aryl methyl sites for hydroxylation is 1. The summed E-state index contributed by atoms with van der Waals surface area (Å²) in [7, 11) is 3.03. The van der Waals surface area contributed by atoms with Crippen LogP contribution in [0, 0.1) is 6.92 Å². The molecular weight excluding hydrogens is 599 g/mol. The Labute approximate surface area is 264 Å². The van der Waals surface area contributed by atoms with Crippen LogP contribution in [0.3, 0.4) is 0 Å². The summed E-state index contributed by atoms with van der Waals surface area (Å²) in [5.74, 6) is 0.283. The van der Waals surface area contributed by atoms with Gasteiger partial charge in [0.1, 0.15) is 11.5 Å². The van der Waals surface area contributed by atoms with Crippen molar-refractivity contribution in [3.63, 3.8) is 0 Å². The summed E-state index contributed by atoms with van der Waals surface area (Å²) in [6.45, 7) is 4.70. The number of amides is 1. The summed E-state index contributed by atoms with van der Waals surface area (Å²) in [5, 5.41) is 20.4. The van der Waals surface area contributed by atoms with Gasteiger partial charge in [-0.1, -0.05) is 72.3 Å². The molecule has 9 nitrogen and oxygen atoms in total. The fourth-order valence-corrected chi connectivity index (χ4v) is 6.58. The van der Waals surface area contributed by atoms with Gasteiger partial charge in [-0.15, -0.1) is 10.2 Å². The van der Waals surface area contributed by atoms with E-state index in [2.05, 4.69) is 41.4 Å². The SMILES string of the molecule is CCCCOc1ccc(C(O)=C2C(=O)C(=O)N(c3nnc(SCc4ccc(C)cc4)s3)C2c2ccc(OC)c(OC)c2)cc1. The second kappa shape index (κ2) is 14.0. The van der Waals surface area contributed by atoms with Crippen LogP contribution in [0.25, 0.3) is 5.76 Å². The van der Waals surface area contributed by atoms with E-state index in [1.165, 1.54) is 47.8 Å². The lowest BCUT2D eigenvalue weighted by Gasteiger charge is -2.23. The zero-order valence-electron chi connectivity index (χ0n) is 24.9. The van der Waals surface area contributed by atoms with Crippen LogP contribution in [0.4, 0.5) is 5.13 Å². The molecule has 1 aliphatic heterocycles. The Morgan fingerprint density at radius 2 is 1.70 bits per heavy atom. The maximum absolute atomic E-state index is 13.6. The fraction of sp³-hybridized carbons (Fsp3) is 0.273. The summed E-state index contributed by atoms with van der Waals surface area (Å²) in [5.41, 5.74) is 3.16. The highest BCUT2D eigenvalue weighted by molar-refractivity contribution is 8.00. The van der Waals surface area contributed by atoms with Gasteiger partial charge in [0.2, 0.25) is 5.13 Å². The molecule has 1 fully saturated rings. The lowest BCUT2D eigenvalue weighted by molar-refractivity contribution is -0.132. The molecule has 0 spiro atoms. The van der Waals surface area contributed by atoms with Crippen LogP contribution < -0.4 is 19.1 Å². The second-order valence-corrected chi connectivity index (χ2v) is 12.3. The molecule has 1 aliphatic rings. The smallest absolute Gasteiger partial charge is 0.301 e. The Bertz CT molecular complexity index is 1670. The molecule has 44 heavy (non-hydrogen) atoms. The van der Waals surface area contributed by atoms with Gasteiger partial charge in [-0.3, -0.25) is 14.5 Å². The van der Waals surface area contributed by atoms with Crippen molar-refractivity contribution in [1.29, 1.82) is 0 Å². The molecule has 0 aliphatic carbocycles. The van der Waals surface area contributed by atoms with Gasteiger partial charge >= 0.3 is 5.91 Å². The molecule has 0 saturated carbocycles. The van der Waals surface area contributed by atoms with Crippen molar-refractivity contribution in [2.75, 3.05) is 25.7 Å². The summed E-state index contributed by atoms with van der Waals surface area (Å²) in [6, 6.07) is 19.1. The van der Waals surface area contributed by atoms with Crippen molar-refractivity contribution < 1.29 is 28.9 Å². The molecule has 0 bridgehead atoms. The largest absolute Gasteiger partial charge is 0.507 e. The lowest BCUT2D eigenvalue weighted by atomic mass is 9.95. The van der Waals surface area contributed by atoms with Gasteiger partial charge in [-0.05, 0) is 60.9 Å². The van der Waals surface area contributed by atoms with E-state index in [9.17, 15) is 14.7 Å².